The molecular formula is C23H29N3OS. The zero-order valence-corrected chi connectivity index (χ0v) is 18.1. The molecule has 3 rings (SSSR count). The summed E-state index contributed by atoms with van der Waals surface area (Å²) in [6, 6.07) is 14.3. The maximum atomic E-state index is 12.7. The fraction of sp³-hybridized carbons (Fsp3) is 0.391. The van der Waals surface area contributed by atoms with E-state index in [1.54, 1.807) is 11.8 Å². The van der Waals surface area contributed by atoms with Gasteiger partial charge in [-0.1, -0.05) is 58.0 Å². The van der Waals surface area contributed by atoms with E-state index in [0.29, 0.717) is 17.6 Å². The molecule has 0 bridgehead atoms. The average molecular weight is 396 g/mol. The van der Waals surface area contributed by atoms with Crippen molar-refractivity contribution in [2.75, 3.05) is 11.1 Å². The van der Waals surface area contributed by atoms with Gasteiger partial charge in [0.2, 0.25) is 5.91 Å². The summed E-state index contributed by atoms with van der Waals surface area (Å²) in [5, 5.41) is 3.30. The molecule has 5 heteroatoms. The first-order chi connectivity index (χ1) is 13.4. The average Bonchev–Trinajstić information content (AvgIpc) is 3.10. The van der Waals surface area contributed by atoms with E-state index in [-0.39, 0.29) is 11.2 Å². The number of nitrogens with one attached hydrogen (secondary N) is 2. The summed E-state index contributed by atoms with van der Waals surface area (Å²) >= 11 is 1.59. The molecule has 2 aromatic carbocycles. The van der Waals surface area contributed by atoms with Crippen LogP contribution in [0.3, 0.4) is 0 Å². The van der Waals surface area contributed by atoms with Crippen LogP contribution < -0.4 is 5.32 Å². The second-order valence-corrected chi connectivity index (χ2v) is 9.09. The zero-order valence-electron chi connectivity index (χ0n) is 17.2. The fourth-order valence-electron chi connectivity index (χ4n) is 3.32. The van der Waals surface area contributed by atoms with Gasteiger partial charge in [0, 0.05) is 5.69 Å². The summed E-state index contributed by atoms with van der Waals surface area (Å²) in [7, 11) is 0. The van der Waals surface area contributed by atoms with Crippen molar-refractivity contribution in [1.29, 1.82) is 0 Å². The molecule has 1 heterocycles. The Kier molecular flexibility index (Phi) is 6.45. The van der Waals surface area contributed by atoms with Crippen molar-refractivity contribution in [3.63, 3.8) is 0 Å². The van der Waals surface area contributed by atoms with Crippen LogP contribution in [0.15, 0.2) is 42.5 Å². The topological polar surface area (TPSA) is 57.8 Å². The van der Waals surface area contributed by atoms with E-state index in [4.69, 9.17) is 0 Å². The number of H-pyrrole nitrogens is 1. The lowest BCUT2D eigenvalue weighted by atomic mass is 9.92. The van der Waals surface area contributed by atoms with Crippen LogP contribution >= 0.6 is 11.8 Å². The number of aromatic nitrogens is 2. The number of carbonyl (C=O) groups excluding carboxylic acids is 1. The standard InChI is InChI=1S/C23H29N3OS/c1-14(2)17-9-8-10-18(15(3)4)22(17)26-21(27)13-28-16(5)23-24-19-11-6-7-12-20(19)25-23/h6-12,14-16H,13H2,1-5H3,(H,24,25)(H,26,27)/t16-/m0/s1. The van der Waals surface area contributed by atoms with E-state index in [1.807, 2.05) is 24.3 Å². The Morgan fingerprint density at radius 1 is 1.00 bits per heavy atom. The third-order valence-electron chi connectivity index (χ3n) is 4.89. The summed E-state index contributed by atoms with van der Waals surface area (Å²) in [6.45, 7) is 10.7. The van der Waals surface area contributed by atoms with Crippen molar-refractivity contribution in [1.82, 2.24) is 9.97 Å². The predicted molar refractivity (Wildman–Crippen MR) is 120 cm³/mol. The molecule has 1 amide bonds. The number of thioether (sulfide) groups is 1. The van der Waals surface area contributed by atoms with Crippen molar-refractivity contribution in [3.05, 3.63) is 59.4 Å². The van der Waals surface area contributed by atoms with E-state index in [1.165, 1.54) is 11.1 Å². The van der Waals surface area contributed by atoms with E-state index < -0.39 is 0 Å². The minimum atomic E-state index is 0.0305. The molecule has 1 atom stereocenters. The molecule has 0 aliphatic carbocycles. The number of amides is 1. The maximum Gasteiger partial charge on any atom is 0.234 e. The molecule has 0 aliphatic rings. The van der Waals surface area contributed by atoms with Crippen LogP contribution in [0.1, 0.15) is 68.7 Å². The Labute approximate surface area is 171 Å². The second kappa shape index (κ2) is 8.82. The monoisotopic (exact) mass is 395 g/mol. The molecule has 4 nitrogen and oxygen atoms in total. The Bertz CT molecular complexity index is 902. The van der Waals surface area contributed by atoms with Crippen LogP contribution in [0.5, 0.6) is 0 Å². The largest absolute Gasteiger partial charge is 0.341 e. The molecule has 0 saturated carbocycles. The Hall–Kier alpha value is -2.27. The lowest BCUT2D eigenvalue weighted by Crippen LogP contribution is -2.18. The summed E-state index contributed by atoms with van der Waals surface area (Å²) in [5.41, 5.74) is 5.35. The third kappa shape index (κ3) is 4.58. The lowest BCUT2D eigenvalue weighted by Gasteiger charge is -2.20. The molecular weight excluding hydrogens is 366 g/mol. The zero-order chi connectivity index (χ0) is 20.3. The highest BCUT2D eigenvalue weighted by atomic mass is 32.2. The van der Waals surface area contributed by atoms with Gasteiger partial charge in [-0.25, -0.2) is 4.98 Å². The van der Waals surface area contributed by atoms with Gasteiger partial charge >= 0.3 is 0 Å². The van der Waals surface area contributed by atoms with Crippen LogP contribution in [0.4, 0.5) is 5.69 Å². The van der Waals surface area contributed by atoms with Crippen LogP contribution in [-0.4, -0.2) is 21.6 Å². The fourth-order valence-corrected chi connectivity index (χ4v) is 4.06. The van der Waals surface area contributed by atoms with Crippen LogP contribution in [0.25, 0.3) is 11.0 Å². The summed E-state index contributed by atoms with van der Waals surface area (Å²) in [5.74, 6) is 2.04. The molecule has 3 aromatic rings. The van der Waals surface area contributed by atoms with E-state index in [9.17, 15) is 4.79 Å². The Balaban J connectivity index is 1.69. The van der Waals surface area contributed by atoms with E-state index in [0.717, 1.165) is 22.5 Å². The highest BCUT2D eigenvalue weighted by Crippen LogP contribution is 2.33. The normalized spacial score (nSPS) is 12.7. The van der Waals surface area contributed by atoms with Crippen LogP contribution in [-0.2, 0) is 4.79 Å². The van der Waals surface area contributed by atoms with Gasteiger partial charge in [0.1, 0.15) is 5.82 Å². The number of hydrogen-bond donors (Lipinski definition) is 2. The first-order valence-corrected chi connectivity index (χ1v) is 10.9. The Morgan fingerprint density at radius 2 is 1.64 bits per heavy atom. The SMILES string of the molecule is CC(C)c1cccc(C(C)C)c1NC(=O)CS[C@@H](C)c1nc2ccccc2[nH]1. The lowest BCUT2D eigenvalue weighted by molar-refractivity contribution is -0.113. The number of fused-ring (bicyclic) bond motifs is 1. The molecule has 0 radical (unpaired) electrons. The molecule has 0 fully saturated rings. The smallest absolute Gasteiger partial charge is 0.234 e. The number of nitrogens with zero attached hydrogens (tertiary/aromatic N) is 1. The number of imidazole rings is 1. The van der Waals surface area contributed by atoms with Gasteiger partial charge in [0.15, 0.2) is 0 Å². The number of aromatic amines is 1. The van der Waals surface area contributed by atoms with Gasteiger partial charge in [0.25, 0.3) is 0 Å². The summed E-state index contributed by atoms with van der Waals surface area (Å²) in [4.78, 5) is 20.7. The molecule has 148 valence electrons. The third-order valence-corrected chi connectivity index (χ3v) is 6.05. The first-order valence-electron chi connectivity index (χ1n) is 9.85. The maximum absolute atomic E-state index is 12.7. The number of benzene rings is 2. The molecule has 2 N–H and O–H groups in total. The quantitative estimate of drug-likeness (QED) is 0.497. The molecule has 0 spiro atoms. The van der Waals surface area contributed by atoms with Gasteiger partial charge < -0.3 is 10.3 Å². The van der Waals surface area contributed by atoms with Crippen molar-refractivity contribution in [2.45, 2.75) is 51.7 Å². The second-order valence-electron chi connectivity index (χ2n) is 7.76. The molecule has 0 saturated heterocycles. The van der Waals surface area contributed by atoms with E-state index in [2.05, 4.69) is 68.1 Å². The number of rotatable bonds is 7. The number of hydrogen-bond acceptors (Lipinski definition) is 3. The molecule has 1 aromatic heterocycles. The number of anilines is 1. The number of carbonyl (C=O) groups is 1. The molecule has 0 unspecified atom stereocenters. The summed E-state index contributed by atoms with van der Waals surface area (Å²) < 4.78 is 0. The van der Waals surface area contributed by atoms with Crippen molar-refractivity contribution >= 4 is 34.4 Å². The van der Waals surface area contributed by atoms with Gasteiger partial charge in [-0.3, -0.25) is 4.79 Å². The predicted octanol–water partition coefficient (Wildman–Crippen LogP) is 6.24. The highest BCUT2D eigenvalue weighted by molar-refractivity contribution is 8.00. The number of para-hydroxylation sites is 3. The summed E-state index contributed by atoms with van der Waals surface area (Å²) in [6.07, 6.45) is 0. The van der Waals surface area contributed by atoms with Gasteiger partial charge in [-0.2, -0.15) is 0 Å². The van der Waals surface area contributed by atoms with Gasteiger partial charge in [-0.05, 0) is 42.0 Å². The Morgan fingerprint density at radius 3 is 2.25 bits per heavy atom. The minimum Gasteiger partial charge on any atom is -0.341 e. The van der Waals surface area contributed by atoms with Gasteiger partial charge in [-0.15, -0.1) is 11.8 Å². The van der Waals surface area contributed by atoms with Crippen LogP contribution in [0, 0.1) is 0 Å². The highest BCUT2D eigenvalue weighted by Gasteiger charge is 2.18. The van der Waals surface area contributed by atoms with Crippen molar-refractivity contribution in [2.24, 2.45) is 0 Å². The minimum absolute atomic E-state index is 0.0305. The van der Waals surface area contributed by atoms with Crippen molar-refractivity contribution < 1.29 is 4.79 Å². The molecule has 28 heavy (non-hydrogen) atoms. The first kappa shape index (κ1) is 20.5. The van der Waals surface area contributed by atoms with E-state index >= 15 is 0 Å². The van der Waals surface area contributed by atoms with Gasteiger partial charge in [0.05, 0.1) is 22.0 Å². The van der Waals surface area contributed by atoms with Crippen molar-refractivity contribution in [3.8, 4) is 0 Å². The van der Waals surface area contributed by atoms with Crippen LogP contribution in [0.2, 0.25) is 0 Å². The molecule has 0 aliphatic heterocycles.